The minimum atomic E-state index is -4.60. The molecule has 0 aliphatic heterocycles. The quantitative estimate of drug-likeness (QED) is 0.777. The topological polar surface area (TPSA) is 46.5 Å². The van der Waals surface area contributed by atoms with Gasteiger partial charge in [-0.05, 0) is 62.2 Å². The number of esters is 1. The van der Waals surface area contributed by atoms with Crippen molar-refractivity contribution >= 4 is 5.97 Å². The molecule has 134 valence electrons. The van der Waals surface area contributed by atoms with Gasteiger partial charge in [0.1, 0.15) is 0 Å². The van der Waals surface area contributed by atoms with E-state index in [0.29, 0.717) is 18.3 Å². The lowest BCUT2D eigenvalue weighted by Crippen LogP contribution is -2.45. The van der Waals surface area contributed by atoms with Crippen molar-refractivity contribution in [2.75, 3.05) is 7.11 Å². The second-order valence-electron chi connectivity index (χ2n) is 7.81. The number of carbonyl (C=O) groups excluding carboxylic acids is 1. The molecule has 1 N–H and O–H groups in total. The molecule has 7 atom stereocenters. The summed E-state index contributed by atoms with van der Waals surface area (Å²) >= 11 is 0. The maximum Gasteiger partial charge on any atom is 0.416 e. The largest absolute Gasteiger partial charge is 0.469 e. The molecule has 2 rings (SSSR count). The number of carbonyl (C=O) groups is 1. The number of hydrogen-bond donors (Lipinski definition) is 1. The summed E-state index contributed by atoms with van der Waals surface area (Å²) < 4.78 is 43.6. The normalized spacial score (nSPS) is 37.5. The van der Waals surface area contributed by atoms with Crippen LogP contribution >= 0.6 is 0 Å². The number of methoxy groups -OCH3 is 1. The summed E-state index contributed by atoms with van der Waals surface area (Å²) in [5.41, 5.74) is -2.64. The molecule has 7 unspecified atom stereocenters. The SMILES string of the molecule is COC(=O)C(C)CC1C(C)C2CC(CC(C)(O)C(F)(F)F)C1C2. The van der Waals surface area contributed by atoms with E-state index in [1.165, 1.54) is 7.11 Å². The van der Waals surface area contributed by atoms with Gasteiger partial charge in [-0.15, -0.1) is 0 Å². The minimum Gasteiger partial charge on any atom is -0.469 e. The van der Waals surface area contributed by atoms with E-state index >= 15 is 0 Å². The van der Waals surface area contributed by atoms with Crippen LogP contribution in [0.15, 0.2) is 0 Å². The van der Waals surface area contributed by atoms with Crippen molar-refractivity contribution in [3.63, 3.8) is 0 Å². The lowest BCUT2D eigenvalue weighted by molar-refractivity contribution is -0.260. The molecule has 0 heterocycles. The number of aliphatic hydroxyl groups is 1. The zero-order valence-corrected chi connectivity index (χ0v) is 14.2. The van der Waals surface area contributed by atoms with Gasteiger partial charge >= 0.3 is 12.1 Å². The number of hydrogen-bond acceptors (Lipinski definition) is 3. The summed E-state index contributed by atoms with van der Waals surface area (Å²) in [5.74, 6) is 0.591. The van der Waals surface area contributed by atoms with Gasteiger partial charge in [-0.1, -0.05) is 13.8 Å². The molecular weight excluding hydrogens is 309 g/mol. The first-order chi connectivity index (χ1) is 10.5. The first kappa shape index (κ1) is 18.6. The molecule has 2 fully saturated rings. The molecule has 0 aromatic rings. The van der Waals surface area contributed by atoms with E-state index in [9.17, 15) is 23.1 Å². The van der Waals surface area contributed by atoms with Crippen LogP contribution < -0.4 is 0 Å². The molecule has 2 aliphatic carbocycles. The van der Waals surface area contributed by atoms with Gasteiger partial charge in [-0.25, -0.2) is 0 Å². The zero-order valence-electron chi connectivity index (χ0n) is 14.2. The first-order valence-electron chi connectivity index (χ1n) is 8.35. The lowest BCUT2D eigenvalue weighted by Gasteiger charge is -2.38. The van der Waals surface area contributed by atoms with E-state index < -0.39 is 11.8 Å². The van der Waals surface area contributed by atoms with Gasteiger partial charge in [-0.2, -0.15) is 13.2 Å². The molecule has 6 heteroatoms. The summed E-state index contributed by atoms with van der Waals surface area (Å²) in [7, 11) is 1.35. The van der Waals surface area contributed by atoms with Crippen molar-refractivity contribution in [1.82, 2.24) is 0 Å². The highest BCUT2D eigenvalue weighted by molar-refractivity contribution is 5.71. The van der Waals surface area contributed by atoms with E-state index in [1.807, 2.05) is 6.92 Å². The Hall–Kier alpha value is -0.780. The predicted octanol–water partition coefficient (Wildman–Crippen LogP) is 3.80. The number of fused-ring (bicyclic) bond motifs is 2. The van der Waals surface area contributed by atoms with Crippen LogP contribution in [0.5, 0.6) is 0 Å². The Bertz CT molecular complexity index is 447. The molecule has 2 bridgehead atoms. The highest BCUT2D eigenvalue weighted by Gasteiger charge is 2.56. The molecule has 0 radical (unpaired) electrons. The Morgan fingerprint density at radius 3 is 2.43 bits per heavy atom. The van der Waals surface area contributed by atoms with Gasteiger partial charge in [0.25, 0.3) is 0 Å². The Balaban J connectivity index is 2.06. The van der Waals surface area contributed by atoms with Crippen molar-refractivity contribution < 1.29 is 27.8 Å². The van der Waals surface area contributed by atoms with Crippen LogP contribution in [0.1, 0.15) is 46.5 Å². The van der Waals surface area contributed by atoms with Gasteiger partial charge in [-0.3, -0.25) is 4.79 Å². The molecule has 0 spiro atoms. The molecule has 3 nitrogen and oxygen atoms in total. The lowest BCUT2D eigenvalue weighted by atomic mass is 9.69. The van der Waals surface area contributed by atoms with Crippen LogP contribution in [0.4, 0.5) is 13.2 Å². The van der Waals surface area contributed by atoms with Crippen molar-refractivity contribution in [3.8, 4) is 0 Å². The van der Waals surface area contributed by atoms with Crippen molar-refractivity contribution in [1.29, 1.82) is 0 Å². The Morgan fingerprint density at radius 2 is 1.96 bits per heavy atom. The van der Waals surface area contributed by atoms with Crippen molar-refractivity contribution in [3.05, 3.63) is 0 Å². The van der Waals surface area contributed by atoms with Gasteiger partial charge < -0.3 is 9.84 Å². The second kappa shape index (κ2) is 6.26. The first-order valence-corrected chi connectivity index (χ1v) is 8.35. The number of halogens is 3. The fourth-order valence-electron chi connectivity index (χ4n) is 4.85. The van der Waals surface area contributed by atoms with Gasteiger partial charge in [0.15, 0.2) is 5.60 Å². The van der Waals surface area contributed by atoms with E-state index in [2.05, 4.69) is 6.92 Å². The third-order valence-corrected chi connectivity index (χ3v) is 6.25. The second-order valence-corrected chi connectivity index (χ2v) is 7.81. The fourth-order valence-corrected chi connectivity index (χ4v) is 4.85. The standard InChI is InChI=1S/C17H27F3O3/c1-9(15(21)23-4)5-13-10(2)11-6-12(14(13)7-11)8-16(3,22)17(18,19)20/h9-14,22H,5-8H2,1-4H3. The maximum absolute atomic E-state index is 13.0. The van der Waals surface area contributed by atoms with Crippen LogP contribution in [-0.2, 0) is 9.53 Å². The number of rotatable bonds is 5. The van der Waals surface area contributed by atoms with Gasteiger partial charge in [0.2, 0.25) is 0 Å². The van der Waals surface area contributed by atoms with Crippen LogP contribution in [0.3, 0.4) is 0 Å². The number of ether oxygens (including phenoxy) is 1. The molecule has 0 aromatic heterocycles. The van der Waals surface area contributed by atoms with Crippen LogP contribution in [0.2, 0.25) is 0 Å². The zero-order chi connectivity index (χ0) is 17.6. The van der Waals surface area contributed by atoms with Crippen LogP contribution in [-0.4, -0.2) is 30.0 Å². The van der Waals surface area contributed by atoms with E-state index in [4.69, 9.17) is 4.74 Å². The molecule has 2 aliphatic rings. The van der Waals surface area contributed by atoms with Gasteiger partial charge in [0.05, 0.1) is 13.0 Å². The van der Waals surface area contributed by atoms with Gasteiger partial charge in [0, 0.05) is 0 Å². The average Bonchev–Trinajstić information content (AvgIpc) is 2.95. The summed E-state index contributed by atoms with van der Waals surface area (Å²) in [6.45, 7) is 4.82. The molecule has 0 saturated heterocycles. The fraction of sp³-hybridized carbons (Fsp3) is 0.941. The van der Waals surface area contributed by atoms with Crippen molar-refractivity contribution in [2.45, 2.75) is 58.2 Å². The molecule has 2 saturated carbocycles. The van der Waals surface area contributed by atoms with E-state index in [1.54, 1.807) is 0 Å². The Kier molecular flexibility index (Phi) is 5.05. The summed E-state index contributed by atoms with van der Waals surface area (Å²) in [6.07, 6.45) is -2.53. The molecule has 23 heavy (non-hydrogen) atoms. The predicted molar refractivity (Wildman–Crippen MR) is 79.5 cm³/mol. The summed E-state index contributed by atoms with van der Waals surface area (Å²) in [4.78, 5) is 11.6. The summed E-state index contributed by atoms with van der Waals surface area (Å²) in [6, 6.07) is 0. The third-order valence-electron chi connectivity index (χ3n) is 6.25. The highest BCUT2D eigenvalue weighted by atomic mass is 19.4. The molecule has 0 amide bonds. The average molecular weight is 336 g/mol. The highest BCUT2D eigenvalue weighted by Crippen LogP contribution is 2.59. The van der Waals surface area contributed by atoms with Crippen LogP contribution in [0, 0.1) is 35.5 Å². The molecular formula is C17H27F3O3. The minimum absolute atomic E-state index is 0.123. The van der Waals surface area contributed by atoms with Crippen LogP contribution in [0.25, 0.3) is 0 Å². The third kappa shape index (κ3) is 3.52. The smallest absolute Gasteiger partial charge is 0.416 e. The number of alkyl halides is 3. The Morgan fingerprint density at radius 1 is 1.35 bits per heavy atom. The summed E-state index contributed by atoms with van der Waals surface area (Å²) in [5, 5.41) is 9.80. The van der Waals surface area contributed by atoms with Crippen molar-refractivity contribution in [2.24, 2.45) is 35.5 Å². The Labute approximate surface area is 135 Å². The monoisotopic (exact) mass is 336 g/mol. The maximum atomic E-state index is 13.0. The van der Waals surface area contributed by atoms with E-state index in [-0.39, 0.29) is 36.1 Å². The molecule has 0 aromatic carbocycles. The van der Waals surface area contributed by atoms with E-state index in [0.717, 1.165) is 19.8 Å².